The Morgan fingerprint density at radius 2 is 1.85 bits per heavy atom. The van der Waals surface area contributed by atoms with Crippen molar-refractivity contribution in [3.05, 3.63) is 76.4 Å². The summed E-state index contributed by atoms with van der Waals surface area (Å²) in [5.41, 5.74) is 1.05. The molecule has 2 aromatic heterocycles. The zero-order chi connectivity index (χ0) is 23.9. The Bertz CT molecular complexity index is 1220. The number of aryl methyl sites for hydroxylation is 1. The van der Waals surface area contributed by atoms with Gasteiger partial charge in [-0.15, -0.1) is 0 Å². The lowest BCUT2D eigenvalue weighted by atomic mass is 10.0. The first kappa shape index (κ1) is 25.4. The minimum absolute atomic E-state index is 0. The van der Waals surface area contributed by atoms with Crippen LogP contribution in [-0.2, 0) is 19.3 Å². The van der Waals surface area contributed by atoms with Gasteiger partial charge in [-0.3, -0.25) is 19.3 Å². The Balaban J connectivity index is 0.00000324. The van der Waals surface area contributed by atoms with E-state index >= 15 is 0 Å². The predicted molar refractivity (Wildman–Crippen MR) is 122 cm³/mol. The second-order valence-corrected chi connectivity index (χ2v) is 7.99. The molecule has 0 saturated carbocycles. The normalized spacial score (nSPS) is 15.6. The van der Waals surface area contributed by atoms with Crippen LogP contribution >= 0.6 is 13.5 Å². The summed E-state index contributed by atoms with van der Waals surface area (Å²) in [6.07, 6.45) is -3.16. The van der Waals surface area contributed by atoms with E-state index in [1.165, 1.54) is 34.0 Å². The molecule has 0 radical (unpaired) electrons. The predicted octanol–water partition coefficient (Wildman–Crippen LogP) is 4.83. The maximum absolute atomic E-state index is 13.3. The zero-order valence-electron chi connectivity index (χ0n) is 18.4. The number of nitrogens with zero attached hydrogens (tertiary/aromatic N) is 4. The smallest absolute Gasteiger partial charge is 0.305 e. The third kappa shape index (κ3) is 4.84. The van der Waals surface area contributed by atoms with Crippen molar-refractivity contribution in [1.29, 1.82) is 0 Å². The number of fused-ring (bicyclic) bond motifs is 1. The molecule has 3 aromatic rings. The Kier molecular flexibility index (Phi) is 7.15. The Hall–Kier alpha value is -3.21. The summed E-state index contributed by atoms with van der Waals surface area (Å²) in [6.45, 7) is 2.90. The first-order chi connectivity index (χ1) is 15.6. The number of hydrogen-bond donors (Lipinski definition) is 0. The van der Waals surface area contributed by atoms with Crippen molar-refractivity contribution >= 4 is 30.9 Å². The van der Waals surface area contributed by atoms with Gasteiger partial charge in [-0.2, -0.15) is 31.8 Å². The molecule has 0 spiro atoms. The number of Topliss-reactive ketones (excluding diaryl/α,β-unsaturated/α-hetero) is 1. The highest BCUT2D eigenvalue weighted by Crippen LogP contribution is 2.33. The van der Waals surface area contributed by atoms with Crippen molar-refractivity contribution in [3.8, 4) is 0 Å². The summed E-state index contributed by atoms with van der Waals surface area (Å²) < 4.78 is 53.2. The van der Waals surface area contributed by atoms with Gasteiger partial charge in [0, 0.05) is 35.5 Å². The summed E-state index contributed by atoms with van der Waals surface area (Å²) in [6, 6.07) is 7.03. The number of pyridine rings is 1. The molecule has 0 bridgehead atoms. The second kappa shape index (κ2) is 9.57. The van der Waals surface area contributed by atoms with Gasteiger partial charge in [-0.05, 0) is 50.2 Å². The van der Waals surface area contributed by atoms with E-state index in [2.05, 4.69) is 10.1 Å². The van der Waals surface area contributed by atoms with Crippen LogP contribution in [0, 0.1) is 6.92 Å². The number of rotatable bonds is 5. The third-order valence-corrected chi connectivity index (χ3v) is 5.51. The molecule has 1 atom stereocenters. The SMILES string of the molecule is Cc1cc(C(=O)Cc2cnn3c2C(=O)N(c2ccc(C(F)(F)F)cc2)C[C@@H]3C)cc(CF)n1.S. The van der Waals surface area contributed by atoms with E-state index in [0.717, 1.165) is 12.1 Å². The standard InChI is InChI=1S/C23H20F4N4O2.H2S/c1-13-7-15(8-18(10-24)29-13)20(32)9-16-11-28-31-14(2)12-30(22(33)21(16)31)19-5-3-17(4-6-19)23(25,26)27;/h3-8,11,14H,9-10,12H2,1-2H3;1H2/t14-;/m0./s1. The molecule has 0 aliphatic carbocycles. The van der Waals surface area contributed by atoms with Crippen LogP contribution in [-0.4, -0.2) is 33.0 Å². The molecule has 6 nitrogen and oxygen atoms in total. The van der Waals surface area contributed by atoms with Crippen LogP contribution in [0.3, 0.4) is 0 Å². The van der Waals surface area contributed by atoms with E-state index < -0.39 is 24.3 Å². The summed E-state index contributed by atoms with van der Waals surface area (Å²) in [4.78, 5) is 31.5. The molecule has 3 heterocycles. The quantitative estimate of drug-likeness (QED) is 0.376. The van der Waals surface area contributed by atoms with Gasteiger partial charge in [-0.25, -0.2) is 4.39 Å². The first-order valence-electron chi connectivity index (χ1n) is 10.2. The lowest BCUT2D eigenvalue weighted by Crippen LogP contribution is -2.43. The molecule has 0 saturated heterocycles. The Labute approximate surface area is 200 Å². The third-order valence-electron chi connectivity index (χ3n) is 5.51. The van der Waals surface area contributed by atoms with E-state index in [0.29, 0.717) is 16.9 Å². The van der Waals surface area contributed by atoms with Crippen LogP contribution in [0.5, 0.6) is 0 Å². The molecule has 1 amide bonds. The highest BCUT2D eigenvalue weighted by molar-refractivity contribution is 7.59. The zero-order valence-corrected chi connectivity index (χ0v) is 19.4. The fourth-order valence-corrected chi connectivity index (χ4v) is 3.94. The van der Waals surface area contributed by atoms with E-state index in [-0.39, 0.29) is 55.2 Å². The van der Waals surface area contributed by atoms with Gasteiger partial charge < -0.3 is 4.90 Å². The Morgan fingerprint density at radius 3 is 2.47 bits per heavy atom. The number of carbonyl (C=O) groups excluding carboxylic acids is 2. The van der Waals surface area contributed by atoms with Gasteiger partial charge in [0.15, 0.2) is 5.78 Å². The number of alkyl halides is 4. The van der Waals surface area contributed by atoms with E-state index in [1.807, 2.05) is 6.92 Å². The second-order valence-electron chi connectivity index (χ2n) is 7.99. The fraction of sp³-hybridized carbons (Fsp3) is 0.304. The molecule has 11 heteroatoms. The average Bonchev–Trinajstić information content (AvgIpc) is 3.19. The van der Waals surface area contributed by atoms with Crippen molar-refractivity contribution in [2.75, 3.05) is 11.4 Å². The molecule has 0 unspecified atom stereocenters. The average molecular weight is 495 g/mol. The molecule has 1 aromatic carbocycles. The molecule has 4 rings (SSSR count). The van der Waals surface area contributed by atoms with Crippen LogP contribution in [0.1, 0.15) is 56.3 Å². The molecule has 1 aliphatic heterocycles. The molecule has 180 valence electrons. The molecule has 1 aliphatic rings. The van der Waals surface area contributed by atoms with Gasteiger partial charge in [-0.1, -0.05) is 0 Å². The van der Waals surface area contributed by atoms with Crippen LogP contribution in [0.2, 0.25) is 0 Å². The Morgan fingerprint density at radius 1 is 1.18 bits per heavy atom. The van der Waals surface area contributed by atoms with Crippen LogP contribution in [0.15, 0.2) is 42.6 Å². The van der Waals surface area contributed by atoms with Gasteiger partial charge in [0.2, 0.25) is 0 Å². The van der Waals surface area contributed by atoms with E-state index in [9.17, 15) is 27.2 Å². The molecular formula is C23H22F4N4O2S. The number of carbonyl (C=O) groups is 2. The van der Waals surface area contributed by atoms with Crippen LogP contribution in [0.4, 0.5) is 23.2 Å². The van der Waals surface area contributed by atoms with Crippen molar-refractivity contribution < 1.29 is 27.2 Å². The van der Waals surface area contributed by atoms with Crippen molar-refractivity contribution in [2.45, 2.75) is 39.2 Å². The maximum atomic E-state index is 13.3. The molecular weight excluding hydrogens is 472 g/mol. The lowest BCUT2D eigenvalue weighted by molar-refractivity contribution is -0.137. The number of ketones is 1. The summed E-state index contributed by atoms with van der Waals surface area (Å²) >= 11 is 0. The number of anilines is 1. The summed E-state index contributed by atoms with van der Waals surface area (Å²) in [5, 5.41) is 4.26. The highest BCUT2D eigenvalue weighted by atomic mass is 32.1. The van der Waals surface area contributed by atoms with Gasteiger partial charge in [0.25, 0.3) is 5.91 Å². The number of aromatic nitrogens is 3. The van der Waals surface area contributed by atoms with Crippen molar-refractivity contribution in [1.82, 2.24) is 14.8 Å². The monoisotopic (exact) mass is 494 g/mol. The molecule has 0 fully saturated rings. The number of benzene rings is 1. The number of amides is 1. The summed E-state index contributed by atoms with van der Waals surface area (Å²) in [7, 11) is 0. The van der Waals surface area contributed by atoms with Gasteiger partial charge >= 0.3 is 6.18 Å². The topological polar surface area (TPSA) is 68.1 Å². The lowest BCUT2D eigenvalue weighted by Gasteiger charge is -2.32. The van der Waals surface area contributed by atoms with Crippen LogP contribution in [0.25, 0.3) is 0 Å². The van der Waals surface area contributed by atoms with E-state index in [1.54, 1.807) is 13.0 Å². The van der Waals surface area contributed by atoms with Crippen molar-refractivity contribution in [2.24, 2.45) is 0 Å². The minimum Gasteiger partial charge on any atom is -0.305 e. The number of hydrogen-bond acceptors (Lipinski definition) is 4. The number of halogens is 4. The maximum Gasteiger partial charge on any atom is 0.416 e. The van der Waals surface area contributed by atoms with Gasteiger partial charge in [0.1, 0.15) is 12.4 Å². The first-order valence-corrected chi connectivity index (χ1v) is 10.2. The van der Waals surface area contributed by atoms with Crippen molar-refractivity contribution in [3.63, 3.8) is 0 Å². The highest BCUT2D eigenvalue weighted by Gasteiger charge is 2.35. The fourth-order valence-electron chi connectivity index (χ4n) is 3.94. The molecule has 34 heavy (non-hydrogen) atoms. The minimum atomic E-state index is -4.47. The summed E-state index contributed by atoms with van der Waals surface area (Å²) in [5.74, 6) is -0.776. The molecule has 0 N–H and O–H groups in total. The van der Waals surface area contributed by atoms with Gasteiger partial charge in [0.05, 0.1) is 23.5 Å². The van der Waals surface area contributed by atoms with E-state index in [4.69, 9.17) is 0 Å². The van der Waals surface area contributed by atoms with Crippen LogP contribution < -0.4 is 4.90 Å². The largest absolute Gasteiger partial charge is 0.416 e.